The van der Waals surface area contributed by atoms with Gasteiger partial charge in [-0.05, 0) is 50.6 Å². The number of hydrogen-bond acceptors (Lipinski definition) is 5. The molecule has 0 spiro atoms. The molecule has 2 heterocycles. The van der Waals surface area contributed by atoms with Gasteiger partial charge in [0.25, 0.3) is 0 Å². The van der Waals surface area contributed by atoms with E-state index in [2.05, 4.69) is 10.1 Å². The third kappa shape index (κ3) is 4.27. The summed E-state index contributed by atoms with van der Waals surface area (Å²) >= 11 is 0. The first-order valence-electron chi connectivity index (χ1n) is 8.94. The van der Waals surface area contributed by atoms with E-state index in [9.17, 15) is 9.18 Å². The van der Waals surface area contributed by atoms with Gasteiger partial charge in [0, 0.05) is 26.4 Å². The SMILES string of the molecule is Cc1nc(CC2CCN(C(=O)[C@@H](c3ccc(F)cc3)N(C)C)CC2)no1. The number of amides is 1. The molecule has 0 aliphatic carbocycles. The molecule has 0 bridgehead atoms. The molecule has 1 fully saturated rings. The molecule has 1 atom stereocenters. The summed E-state index contributed by atoms with van der Waals surface area (Å²) in [6.07, 6.45) is 2.63. The lowest BCUT2D eigenvalue weighted by atomic mass is 9.92. The van der Waals surface area contributed by atoms with Gasteiger partial charge in [0.1, 0.15) is 11.9 Å². The molecular formula is C19H25FN4O2. The lowest BCUT2D eigenvalue weighted by Crippen LogP contribution is -2.44. The first kappa shape index (κ1) is 18.5. The van der Waals surface area contributed by atoms with Crippen LogP contribution in [0.1, 0.15) is 36.2 Å². The summed E-state index contributed by atoms with van der Waals surface area (Å²) in [4.78, 5) is 21.1. The lowest BCUT2D eigenvalue weighted by Gasteiger charge is -2.35. The fourth-order valence-corrected chi connectivity index (χ4v) is 3.52. The third-order valence-corrected chi connectivity index (χ3v) is 4.90. The van der Waals surface area contributed by atoms with Crippen molar-refractivity contribution < 1.29 is 13.7 Å². The molecule has 0 unspecified atom stereocenters. The summed E-state index contributed by atoms with van der Waals surface area (Å²) in [6, 6.07) is 5.77. The zero-order valence-corrected chi connectivity index (χ0v) is 15.5. The Bertz CT molecular complexity index is 736. The molecule has 1 aromatic heterocycles. The minimum atomic E-state index is -0.396. The number of halogens is 1. The second-order valence-corrected chi connectivity index (χ2v) is 7.12. The van der Waals surface area contributed by atoms with Gasteiger partial charge in [0.2, 0.25) is 11.8 Å². The van der Waals surface area contributed by atoms with E-state index >= 15 is 0 Å². The summed E-state index contributed by atoms with van der Waals surface area (Å²) in [6.45, 7) is 3.21. The molecule has 1 amide bonds. The largest absolute Gasteiger partial charge is 0.341 e. The van der Waals surface area contributed by atoms with Crippen molar-refractivity contribution in [2.75, 3.05) is 27.2 Å². The zero-order chi connectivity index (χ0) is 18.7. The number of likely N-dealkylation sites (N-methyl/N-ethyl adjacent to an activating group) is 1. The van der Waals surface area contributed by atoms with Crippen LogP contribution < -0.4 is 0 Å². The number of carbonyl (C=O) groups excluding carboxylic acids is 1. The summed E-state index contributed by atoms with van der Waals surface area (Å²) in [5.41, 5.74) is 0.811. The Kier molecular flexibility index (Phi) is 5.66. The van der Waals surface area contributed by atoms with Crippen molar-refractivity contribution >= 4 is 5.91 Å². The van der Waals surface area contributed by atoms with E-state index in [1.165, 1.54) is 12.1 Å². The minimum absolute atomic E-state index is 0.0652. The number of nitrogens with zero attached hydrogens (tertiary/aromatic N) is 4. The Balaban J connectivity index is 1.61. The van der Waals surface area contributed by atoms with Crippen LogP contribution in [-0.2, 0) is 11.2 Å². The number of carbonyl (C=O) groups is 1. The third-order valence-electron chi connectivity index (χ3n) is 4.90. The summed E-state index contributed by atoms with van der Waals surface area (Å²) < 4.78 is 18.2. The molecule has 0 N–H and O–H groups in total. The molecule has 1 aliphatic heterocycles. The summed E-state index contributed by atoms with van der Waals surface area (Å²) in [5.74, 6) is 1.55. The second-order valence-electron chi connectivity index (χ2n) is 7.12. The Morgan fingerprint density at radius 2 is 1.96 bits per heavy atom. The van der Waals surface area contributed by atoms with E-state index in [0.717, 1.165) is 30.7 Å². The van der Waals surface area contributed by atoms with Gasteiger partial charge in [-0.1, -0.05) is 17.3 Å². The van der Waals surface area contributed by atoms with E-state index in [1.54, 1.807) is 19.1 Å². The molecule has 7 heteroatoms. The minimum Gasteiger partial charge on any atom is -0.341 e. The smallest absolute Gasteiger partial charge is 0.244 e. The first-order chi connectivity index (χ1) is 12.4. The highest BCUT2D eigenvalue weighted by atomic mass is 19.1. The fraction of sp³-hybridized carbons (Fsp3) is 0.526. The first-order valence-corrected chi connectivity index (χ1v) is 8.94. The number of aromatic nitrogens is 2. The van der Waals surface area contributed by atoms with E-state index in [-0.39, 0.29) is 11.7 Å². The Labute approximate surface area is 153 Å². The van der Waals surface area contributed by atoms with Crippen LogP contribution in [0.15, 0.2) is 28.8 Å². The number of hydrogen-bond donors (Lipinski definition) is 0. The van der Waals surface area contributed by atoms with Gasteiger partial charge in [-0.3, -0.25) is 9.69 Å². The second kappa shape index (κ2) is 7.95. The van der Waals surface area contributed by atoms with Crippen LogP contribution >= 0.6 is 0 Å². The molecule has 1 aliphatic rings. The number of rotatable bonds is 5. The highest BCUT2D eigenvalue weighted by Gasteiger charge is 2.31. The Hall–Kier alpha value is -2.28. The number of benzene rings is 1. The zero-order valence-electron chi connectivity index (χ0n) is 15.5. The van der Waals surface area contributed by atoms with Gasteiger partial charge >= 0.3 is 0 Å². The van der Waals surface area contributed by atoms with Crippen LogP contribution in [0.3, 0.4) is 0 Å². The standard InChI is InChI=1S/C19H25FN4O2/c1-13-21-17(22-26-13)12-14-8-10-24(11-9-14)19(25)18(23(2)3)15-4-6-16(20)7-5-15/h4-7,14,18H,8-12H2,1-3H3/t18-/m1/s1. The van der Waals surface area contributed by atoms with Crippen LogP contribution in [0.5, 0.6) is 0 Å². The van der Waals surface area contributed by atoms with Crippen molar-refractivity contribution in [3.63, 3.8) is 0 Å². The van der Waals surface area contributed by atoms with Gasteiger partial charge in [0.15, 0.2) is 5.82 Å². The molecule has 1 saturated heterocycles. The molecule has 1 aromatic carbocycles. The van der Waals surface area contributed by atoms with Crippen LogP contribution in [0, 0.1) is 18.7 Å². The van der Waals surface area contributed by atoms with Gasteiger partial charge < -0.3 is 9.42 Å². The van der Waals surface area contributed by atoms with E-state index in [0.29, 0.717) is 24.9 Å². The average molecular weight is 360 g/mol. The van der Waals surface area contributed by atoms with Crippen molar-refractivity contribution in [2.45, 2.75) is 32.2 Å². The predicted molar refractivity (Wildman–Crippen MR) is 94.9 cm³/mol. The predicted octanol–water partition coefficient (Wildman–Crippen LogP) is 2.60. The van der Waals surface area contributed by atoms with Crippen LogP contribution in [0.4, 0.5) is 4.39 Å². The number of aryl methyl sites for hydroxylation is 1. The maximum absolute atomic E-state index is 13.2. The van der Waals surface area contributed by atoms with Crippen molar-refractivity contribution in [1.29, 1.82) is 0 Å². The highest BCUT2D eigenvalue weighted by Crippen LogP contribution is 2.26. The Morgan fingerprint density at radius 1 is 1.31 bits per heavy atom. The topological polar surface area (TPSA) is 62.5 Å². The molecule has 0 radical (unpaired) electrons. The van der Waals surface area contributed by atoms with E-state index in [1.807, 2.05) is 23.9 Å². The van der Waals surface area contributed by atoms with Crippen molar-refractivity contribution in [3.05, 3.63) is 47.4 Å². The van der Waals surface area contributed by atoms with Gasteiger partial charge in [-0.25, -0.2) is 4.39 Å². The quantitative estimate of drug-likeness (QED) is 0.820. The molecule has 3 rings (SSSR count). The fourth-order valence-electron chi connectivity index (χ4n) is 3.52. The van der Waals surface area contributed by atoms with Crippen molar-refractivity contribution in [1.82, 2.24) is 19.9 Å². The summed E-state index contributed by atoms with van der Waals surface area (Å²) in [5, 5.41) is 3.96. The monoisotopic (exact) mass is 360 g/mol. The van der Waals surface area contributed by atoms with E-state index in [4.69, 9.17) is 4.52 Å². The molecule has 2 aromatic rings. The normalized spacial score (nSPS) is 16.9. The van der Waals surface area contributed by atoms with Gasteiger partial charge in [0.05, 0.1) is 0 Å². The molecule has 6 nitrogen and oxygen atoms in total. The highest BCUT2D eigenvalue weighted by molar-refractivity contribution is 5.83. The van der Waals surface area contributed by atoms with E-state index < -0.39 is 6.04 Å². The van der Waals surface area contributed by atoms with Gasteiger partial charge in [-0.2, -0.15) is 4.98 Å². The maximum atomic E-state index is 13.2. The van der Waals surface area contributed by atoms with Crippen molar-refractivity contribution in [2.24, 2.45) is 5.92 Å². The maximum Gasteiger partial charge on any atom is 0.244 e. The number of piperidine rings is 1. The Morgan fingerprint density at radius 3 is 2.50 bits per heavy atom. The van der Waals surface area contributed by atoms with Gasteiger partial charge in [-0.15, -0.1) is 0 Å². The molecule has 26 heavy (non-hydrogen) atoms. The molecule has 0 saturated carbocycles. The molecule has 140 valence electrons. The lowest BCUT2D eigenvalue weighted by molar-refractivity contribution is -0.137. The number of likely N-dealkylation sites (tertiary alicyclic amines) is 1. The molecular weight excluding hydrogens is 335 g/mol. The van der Waals surface area contributed by atoms with Crippen LogP contribution in [-0.4, -0.2) is 53.0 Å². The summed E-state index contributed by atoms with van der Waals surface area (Å²) in [7, 11) is 3.74. The van der Waals surface area contributed by atoms with Crippen LogP contribution in [0.2, 0.25) is 0 Å². The van der Waals surface area contributed by atoms with Crippen LogP contribution in [0.25, 0.3) is 0 Å². The average Bonchev–Trinajstić information content (AvgIpc) is 3.02. The van der Waals surface area contributed by atoms with Crippen molar-refractivity contribution in [3.8, 4) is 0 Å².